The Hall–Kier alpha value is -2.72. The predicted molar refractivity (Wildman–Crippen MR) is 107 cm³/mol. The number of ether oxygens (including phenoxy) is 1. The van der Waals surface area contributed by atoms with Gasteiger partial charge in [0.2, 0.25) is 11.2 Å². The van der Waals surface area contributed by atoms with E-state index in [2.05, 4.69) is 30.0 Å². The average Bonchev–Trinajstić information content (AvgIpc) is 2.97. The first-order valence-corrected chi connectivity index (χ1v) is 9.31. The highest BCUT2D eigenvalue weighted by atomic mass is 35.5. The van der Waals surface area contributed by atoms with Crippen LogP contribution in [0.3, 0.4) is 0 Å². The molecule has 0 aliphatic carbocycles. The molecule has 2 heterocycles. The topological polar surface area (TPSA) is 42.7 Å². The molecule has 3 aromatic rings. The van der Waals surface area contributed by atoms with Crippen molar-refractivity contribution in [3.63, 3.8) is 0 Å². The third-order valence-corrected chi connectivity index (χ3v) is 5.05. The fourth-order valence-corrected chi connectivity index (χ4v) is 3.67. The second-order valence-corrected chi connectivity index (χ2v) is 7.24. The summed E-state index contributed by atoms with van der Waals surface area (Å²) in [6.45, 7) is 3.00. The molecule has 1 atom stereocenters. The van der Waals surface area contributed by atoms with Gasteiger partial charge in [-0.1, -0.05) is 41.9 Å². The van der Waals surface area contributed by atoms with E-state index >= 15 is 0 Å². The number of benzene rings is 2. The van der Waals surface area contributed by atoms with E-state index in [-0.39, 0.29) is 17.8 Å². The Labute approximate surface area is 163 Å². The number of hydrogen-bond donors (Lipinski definition) is 0. The Balaban J connectivity index is 1.47. The molecular weight excluding hydrogens is 362 g/mol. The van der Waals surface area contributed by atoms with Gasteiger partial charge in [-0.15, -0.1) is 0 Å². The molecule has 1 aliphatic rings. The largest absolute Gasteiger partial charge is 0.482 e. The highest BCUT2D eigenvalue weighted by Crippen LogP contribution is 2.33. The van der Waals surface area contributed by atoms with Gasteiger partial charge in [-0.2, -0.15) is 0 Å². The van der Waals surface area contributed by atoms with Gasteiger partial charge in [0.05, 0.1) is 6.54 Å². The molecule has 2 aromatic carbocycles. The molecule has 0 fully saturated rings. The average molecular weight is 382 g/mol. The minimum absolute atomic E-state index is 0.182. The summed E-state index contributed by atoms with van der Waals surface area (Å²) in [6.07, 6.45) is 2.40. The number of para-hydroxylation sites is 1. The van der Waals surface area contributed by atoms with Crippen LogP contribution in [0.4, 0.5) is 5.69 Å². The van der Waals surface area contributed by atoms with Gasteiger partial charge in [-0.05, 0) is 42.7 Å². The van der Waals surface area contributed by atoms with Gasteiger partial charge < -0.3 is 14.1 Å². The molecule has 4 nitrogen and oxygen atoms in total. The van der Waals surface area contributed by atoms with E-state index in [0.29, 0.717) is 23.4 Å². The molecule has 0 spiro atoms. The van der Waals surface area contributed by atoms with Crippen LogP contribution in [-0.2, 0) is 19.6 Å². The van der Waals surface area contributed by atoms with Crippen LogP contribution in [0, 0.1) is 0 Å². The summed E-state index contributed by atoms with van der Waals surface area (Å²) in [5.74, 6) is 0.826. The fraction of sp³-hybridized carbons (Fsp3) is 0.227. The molecule has 0 bridgehead atoms. The Morgan fingerprint density at radius 1 is 1.19 bits per heavy atom. The Morgan fingerprint density at radius 2 is 2.04 bits per heavy atom. The number of anilines is 1. The van der Waals surface area contributed by atoms with Gasteiger partial charge in [0.1, 0.15) is 18.6 Å². The first-order chi connectivity index (χ1) is 13.1. The maximum Gasteiger partial charge on any atom is 0.227 e. The normalized spacial score (nSPS) is 15.6. The van der Waals surface area contributed by atoms with E-state index in [1.807, 2.05) is 24.3 Å². The monoisotopic (exact) mass is 381 g/mol. The minimum atomic E-state index is -0.182. The van der Waals surface area contributed by atoms with Crippen LogP contribution in [0.15, 0.2) is 70.1 Å². The summed E-state index contributed by atoms with van der Waals surface area (Å²) < 4.78 is 11.3. The van der Waals surface area contributed by atoms with E-state index in [4.69, 9.17) is 20.8 Å². The first kappa shape index (κ1) is 17.7. The Bertz CT molecular complexity index is 1010. The Kier molecular flexibility index (Phi) is 4.90. The number of fused-ring (bicyclic) bond motifs is 1. The van der Waals surface area contributed by atoms with Gasteiger partial charge in [-0.25, -0.2) is 0 Å². The maximum atomic E-state index is 12.4. The molecule has 0 saturated carbocycles. The van der Waals surface area contributed by atoms with Gasteiger partial charge in [0.15, 0.2) is 0 Å². The third kappa shape index (κ3) is 3.86. The molecule has 0 unspecified atom stereocenters. The Morgan fingerprint density at radius 3 is 2.85 bits per heavy atom. The van der Waals surface area contributed by atoms with Crippen LogP contribution in [-0.4, -0.2) is 6.04 Å². The lowest BCUT2D eigenvalue weighted by Gasteiger charge is -2.24. The summed E-state index contributed by atoms with van der Waals surface area (Å²) in [4.78, 5) is 14.7. The summed E-state index contributed by atoms with van der Waals surface area (Å²) in [5, 5.41) is 0.637. The zero-order valence-corrected chi connectivity index (χ0v) is 15.8. The fourth-order valence-electron chi connectivity index (χ4n) is 3.45. The molecule has 0 saturated heterocycles. The second kappa shape index (κ2) is 7.49. The lowest BCUT2D eigenvalue weighted by atomic mass is 10.1. The summed E-state index contributed by atoms with van der Waals surface area (Å²) in [5.41, 5.74) is 3.25. The van der Waals surface area contributed by atoms with Crippen molar-refractivity contribution in [2.24, 2.45) is 0 Å². The summed E-state index contributed by atoms with van der Waals surface area (Å²) in [7, 11) is 0. The van der Waals surface area contributed by atoms with Crippen LogP contribution in [0.25, 0.3) is 0 Å². The molecule has 5 heteroatoms. The molecule has 0 N–H and O–H groups in total. The van der Waals surface area contributed by atoms with E-state index in [1.165, 1.54) is 23.6 Å². The highest BCUT2D eigenvalue weighted by molar-refractivity contribution is 6.30. The van der Waals surface area contributed by atoms with Gasteiger partial charge >= 0.3 is 0 Å². The van der Waals surface area contributed by atoms with Crippen molar-refractivity contribution in [2.75, 3.05) is 4.90 Å². The van der Waals surface area contributed by atoms with Crippen LogP contribution in [0.5, 0.6) is 5.75 Å². The molecule has 1 aliphatic heterocycles. The predicted octanol–water partition coefficient (Wildman–Crippen LogP) is 4.82. The van der Waals surface area contributed by atoms with E-state index < -0.39 is 0 Å². The molecule has 4 rings (SSSR count). The summed E-state index contributed by atoms with van der Waals surface area (Å²) >= 11 is 5.97. The van der Waals surface area contributed by atoms with Crippen LogP contribution in [0.2, 0.25) is 5.02 Å². The van der Waals surface area contributed by atoms with Crippen molar-refractivity contribution in [2.45, 2.75) is 32.5 Å². The first-order valence-electron chi connectivity index (χ1n) is 8.93. The molecule has 138 valence electrons. The maximum absolute atomic E-state index is 12.4. The lowest BCUT2D eigenvalue weighted by molar-refractivity contribution is 0.289. The zero-order chi connectivity index (χ0) is 18.8. The highest BCUT2D eigenvalue weighted by Gasteiger charge is 2.26. The van der Waals surface area contributed by atoms with Crippen molar-refractivity contribution in [1.82, 2.24) is 0 Å². The van der Waals surface area contributed by atoms with E-state index in [9.17, 15) is 4.79 Å². The van der Waals surface area contributed by atoms with Crippen molar-refractivity contribution in [3.05, 3.63) is 93.0 Å². The lowest BCUT2D eigenvalue weighted by Crippen LogP contribution is -2.29. The van der Waals surface area contributed by atoms with Crippen molar-refractivity contribution in [1.29, 1.82) is 0 Å². The van der Waals surface area contributed by atoms with E-state index in [1.54, 1.807) is 6.07 Å². The molecular formula is C22H20ClNO3. The standard InChI is InChI=1S/C22H20ClNO3/c1-15-9-17-6-2-3-8-20(17)24(15)12-19-11-21(25)22(14-26-19)27-13-16-5-4-7-18(23)10-16/h2-8,10-11,14-15H,9,12-13H2,1H3/t15-/m0/s1. The smallest absolute Gasteiger partial charge is 0.227 e. The molecule has 27 heavy (non-hydrogen) atoms. The number of halogens is 1. The van der Waals surface area contributed by atoms with Gasteiger partial charge in [0, 0.05) is 22.8 Å². The molecule has 1 aromatic heterocycles. The van der Waals surface area contributed by atoms with Gasteiger partial charge in [-0.3, -0.25) is 4.79 Å². The van der Waals surface area contributed by atoms with Crippen molar-refractivity contribution >= 4 is 17.3 Å². The van der Waals surface area contributed by atoms with Crippen molar-refractivity contribution in [3.8, 4) is 5.75 Å². The number of rotatable bonds is 5. The number of hydrogen-bond acceptors (Lipinski definition) is 4. The zero-order valence-electron chi connectivity index (χ0n) is 15.0. The van der Waals surface area contributed by atoms with Crippen molar-refractivity contribution < 1.29 is 9.15 Å². The van der Waals surface area contributed by atoms with E-state index in [0.717, 1.165) is 12.0 Å². The van der Waals surface area contributed by atoms with Gasteiger partial charge in [0.25, 0.3) is 0 Å². The minimum Gasteiger partial charge on any atom is -0.482 e. The SMILES string of the molecule is C[C@H]1Cc2ccccc2N1Cc1cc(=O)c(OCc2cccc(Cl)c2)co1. The molecule has 0 amide bonds. The molecule has 0 radical (unpaired) electrons. The van der Waals surface area contributed by atoms with Crippen LogP contribution < -0.4 is 15.1 Å². The van der Waals surface area contributed by atoms with Crippen LogP contribution >= 0.6 is 11.6 Å². The quantitative estimate of drug-likeness (QED) is 0.635. The van der Waals surface area contributed by atoms with Crippen LogP contribution in [0.1, 0.15) is 23.8 Å². The second-order valence-electron chi connectivity index (χ2n) is 6.80. The third-order valence-electron chi connectivity index (χ3n) is 4.81. The summed E-state index contributed by atoms with van der Waals surface area (Å²) in [6, 6.07) is 17.6. The number of nitrogens with zero attached hydrogens (tertiary/aromatic N) is 1.